The molecule has 0 saturated carbocycles. The summed E-state index contributed by atoms with van der Waals surface area (Å²) >= 11 is 0. The van der Waals surface area contributed by atoms with Crippen LogP contribution in [0.25, 0.3) is 11.3 Å². The van der Waals surface area contributed by atoms with Gasteiger partial charge in [-0.15, -0.1) is 0 Å². The molecule has 1 aromatic rings. The van der Waals surface area contributed by atoms with Crippen LogP contribution in [0.5, 0.6) is 0 Å². The Kier molecular flexibility index (Phi) is 11.1. The number of nitrogens with one attached hydrogen (secondary N) is 4. The number of ether oxygens (including phenoxy) is 1. The first-order chi connectivity index (χ1) is 22.3. The van der Waals surface area contributed by atoms with Gasteiger partial charge in [0.2, 0.25) is 18.0 Å². The van der Waals surface area contributed by atoms with Crippen molar-refractivity contribution in [2.45, 2.75) is 58.7 Å². The van der Waals surface area contributed by atoms with Crippen LogP contribution in [0.1, 0.15) is 56.4 Å². The molecule has 3 atom stereocenters. The van der Waals surface area contributed by atoms with E-state index in [1.807, 2.05) is 38.4 Å². The number of pyridine rings is 1. The van der Waals surface area contributed by atoms with E-state index in [1.165, 1.54) is 0 Å². The number of allylic oxidation sites excluding steroid dienone is 7. The summed E-state index contributed by atoms with van der Waals surface area (Å²) in [6.45, 7) is 7.96. The lowest BCUT2D eigenvalue weighted by Gasteiger charge is -2.27. The molecule has 0 aromatic carbocycles. The number of carbonyl (C=O) groups is 2. The number of aliphatic hydroxyl groups is 1. The summed E-state index contributed by atoms with van der Waals surface area (Å²) in [4.78, 5) is 34.2. The Morgan fingerprint density at radius 3 is 2.78 bits per heavy atom. The maximum atomic E-state index is 13.5. The first kappa shape index (κ1) is 33.2. The number of quaternary nitrogens is 1. The molecule has 4 aliphatic rings. The van der Waals surface area contributed by atoms with Crippen molar-refractivity contribution in [3.05, 3.63) is 87.7 Å². The zero-order valence-electron chi connectivity index (χ0n) is 27.2. The zero-order valence-corrected chi connectivity index (χ0v) is 27.2. The van der Waals surface area contributed by atoms with Crippen LogP contribution in [0.3, 0.4) is 0 Å². The quantitative estimate of drug-likeness (QED) is 0.193. The number of dihydropyridines is 1. The minimum Gasteiger partial charge on any atom is -0.395 e. The molecule has 0 radical (unpaired) electrons. The number of aromatic nitrogens is 1. The van der Waals surface area contributed by atoms with E-state index in [0.29, 0.717) is 26.1 Å². The highest BCUT2D eigenvalue weighted by atomic mass is 16.5. The number of rotatable bonds is 12. The van der Waals surface area contributed by atoms with Gasteiger partial charge in [0.1, 0.15) is 11.7 Å². The van der Waals surface area contributed by atoms with Crippen molar-refractivity contribution >= 4 is 29.3 Å². The van der Waals surface area contributed by atoms with Crippen molar-refractivity contribution in [2.24, 2.45) is 10.9 Å². The monoisotopic (exact) mass is 628 g/mol. The van der Waals surface area contributed by atoms with Crippen molar-refractivity contribution in [1.82, 2.24) is 26.3 Å². The third kappa shape index (κ3) is 7.61. The second-order valence-electron chi connectivity index (χ2n) is 12.0. The number of methoxy groups -OCH3 is 1. The van der Waals surface area contributed by atoms with Gasteiger partial charge in [-0.2, -0.15) is 0 Å². The van der Waals surface area contributed by atoms with E-state index >= 15 is 0 Å². The molecule has 2 amide bonds. The van der Waals surface area contributed by atoms with Gasteiger partial charge in [-0.25, -0.2) is 0 Å². The van der Waals surface area contributed by atoms with Gasteiger partial charge < -0.3 is 31.1 Å². The molecule has 46 heavy (non-hydrogen) atoms. The van der Waals surface area contributed by atoms with Gasteiger partial charge in [-0.3, -0.25) is 24.9 Å². The Balaban J connectivity index is 1.30. The number of nitrogens with zero attached hydrogens (tertiary/aromatic N) is 2. The average Bonchev–Trinajstić information content (AvgIpc) is 3.48. The van der Waals surface area contributed by atoms with E-state index in [9.17, 15) is 9.59 Å². The molecular formula is C35H46N7O4+. The third-order valence-corrected chi connectivity index (χ3v) is 9.07. The van der Waals surface area contributed by atoms with Crippen LogP contribution >= 0.6 is 0 Å². The summed E-state index contributed by atoms with van der Waals surface area (Å²) in [6.07, 6.45) is 16.4. The Morgan fingerprint density at radius 1 is 1.17 bits per heavy atom. The van der Waals surface area contributed by atoms with Gasteiger partial charge in [0.15, 0.2) is 0 Å². The molecule has 7 N–H and O–H groups in total. The normalized spacial score (nSPS) is 23.9. The van der Waals surface area contributed by atoms with Gasteiger partial charge in [0.05, 0.1) is 12.3 Å². The molecule has 1 unspecified atom stereocenters. The van der Waals surface area contributed by atoms with Gasteiger partial charge in [0, 0.05) is 86.3 Å². The lowest BCUT2D eigenvalue weighted by atomic mass is 9.88. The predicted molar refractivity (Wildman–Crippen MR) is 179 cm³/mol. The summed E-state index contributed by atoms with van der Waals surface area (Å²) < 4.78 is 5.84. The molecule has 5 rings (SSSR count). The first-order valence-corrected chi connectivity index (χ1v) is 16.0. The van der Waals surface area contributed by atoms with Crippen LogP contribution in [-0.2, 0) is 14.3 Å². The molecule has 1 saturated heterocycles. The fourth-order valence-corrected chi connectivity index (χ4v) is 6.33. The second kappa shape index (κ2) is 15.4. The molecule has 4 heterocycles. The summed E-state index contributed by atoms with van der Waals surface area (Å²) in [6, 6.07) is 1.52. The van der Waals surface area contributed by atoms with E-state index in [-0.39, 0.29) is 30.6 Å². The van der Waals surface area contributed by atoms with E-state index < -0.39 is 6.04 Å². The molecular weight excluding hydrogens is 582 g/mol. The van der Waals surface area contributed by atoms with Crippen LogP contribution in [-0.4, -0.2) is 73.7 Å². The first-order valence-electron chi connectivity index (χ1n) is 16.0. The minimum absolute atomic E-state index is 0.0574. The molecule has 11 heteroatoms. The summed E-state index contributed by atoms with van der Waals surface area (Å²) in [5.74, 6) is -0.128. The molecule has 244 valence electrons. The van der Waals surface area contributed by atoms with Crippen LogP contribution in [0.4, 0.5) is 0 Å². The second-order valence-corrected chi connectivity index (χ2v) is 12.0. The van der Waals surface area contributed by atoms with Gasteiger partial charge >= 0.3 is 0 Å². The highest BCUT2D eigenvalue weighted by molar-refractivity contribution is 5.90. The molecule has 1 aliphatic carbocycles. The maximum Gasteiger partial charge on any atom is 0.249 e. The third-order valence-electron chi connectivity index (χ3n) is 9.07. The van der Waals surface area contributed by atoms with Crippen LogP contribution in [0.15, 0.2) is 75.9 Å². The summed E-state index contributed by atoms with van der Waals surface area (Å²) in [5, 5.41) is 23.8. The molecule has 1 fully saturated rings. The molecule has 1 aromatic heterocycles. The van der Waals surface area contributed by atoms with Crippen molar-refractivity contribution in [3.8, 4) is 0 Å². The Bertz CT molecular complexity index is 1570. The fraction of sp³-hybridized carbons (Fsp3) is 0.429. The highest BCUT2D eigenvalue weighted by Crippen LogP contribution is 2.34. The molecule has 0 spiro atoms. The van der Waals surface area contributed by atoms with E-state index in [2.05, 4.69) is 56.7 Å². The van der Waals surface area contributed by atoms with Gasteiger partial charge in [-0.05, 0) is 73.6 Å². The number of carbonyl (C=O) groups excluding carboxylic acids is 2. The number of nitrogens with two attached hydrogens (primary N) is 1. The van der Waals surface area contributed by atoms with Crippen LogP contribution in [0, 0.1) is 12.8 Å². The van der Waals surface area contributed by atoms with Crippen molar-refractivity contribution in [2.75, 3.05) is 33.4 Å². The van der Waals surface area contributed by atoms with Gasteiger partial charge in [-0.1, -0.05) is 13.0 Å². The Hall–Kier alpha value is -4.16. The number of amides is 2. The number of aliphatic hydroxyl groups excluding tert-OH is 1. The van der Waals surface area contributed by atoms with Crippen molar-refractivity contribution < 1.29 is 24.7 Å². The summed E-state index contributed by atoms with van der Waals surface area (Å²) in [5.41, 5.74) is 10.2. The van der Waals surface area contributed by atoms with Crippen molar-refractivity contribution in [1.29, 1.82) is 0 Å². The summed E-state index contributed by atoms with van der Waals surface area (Å²) in [7, 11) is 1.71. The minimum atomic E-state index is -0.519. The average molecular weight is 629 g/mol. The van der Waals surface area contributed by atoms with E-state index in [1.54, 1.807) is 13.3 Å². The van der Waals surface area contributed by atoms with Crippen molar-refractivity contribution in [3.63, 3.8) is 0 Å². The molecule has 3 aliphatic heterocycles. The number of hydrogen-bond acceptors (Lipinski definition) is 8. The molecule has 11 nitrogen and oxygen atoms in total. The maximum absolute atomic E-state index is 13.5. The van der Waals surface area contributed by atoms with Crippen LogP contribution in [0.2, 0.25) is 0 Å². The van der Waals surface area contributed by atoms with Gasteiger partial charge in [0.25, 0.3) is 0 Å². The Morgan fingerprint density at radius 2 is 2.02 bits per heavy atom. The Labute approximate surface area is 270 Å². The van der Waals surface area contributed by atoms with E-state index in [0.717, 1.165) is 75.5 Å². The largest absolute Gasteiger partial charge is 0.395 e. The highest BCUT2D eigenvalue weighted by Gasteiger charge is 2.30. The fourth-order valence-electron chi connectivity index (χ4n) is 6.33. The standard InChI is InChI=1S/C35H45N7O4/c1-21-24(18-36-16-17-43)12-14-39-33(21)34(45)41-29-7-5-6-28(22(29)2)32-23(3)27(13-15-38-32)30-10-8-25(35(42-30)46-4)19-37-20-26-9-11-31(44)40-26/h7-8,10,12-15,20-21,33,35-37,42-43H,5-6,9,11,16-19H2,1-4H3,(H,40,44)(H,41,45)/p+1/b26-20+/t21-,33-,35?/m0/s1. The van der Waals surface area contributed by atoms with Crippen LogP contribution < -0.4 is 26.6 Å². The predicted octanol–water partition coefficient (Wildman–Crippen LogP) is 1.71. The zero-order chi connectivity index (χ0) is 32.6. The number of aliphatic imine (C=N–C) groups is 1. The lowest BCUT2D eigenvalue weighted by Crippen LogP contribution is -2.89. The lowest BCUT2D eigenvalue weighted by molar-refractivity contribution is -0.638. The smallest absolute Gasteiger partial charge is 0.249 e. The number of hydrogen-bond donors (Lipinski definition) is 6. The topological polar surface area (TPSA) is 154 Å². The molecule has 0 bridgehead atoms. The van der Waals surface area contributed by atoms with E-state index in [4.69, 9.17) is 14.8 Å². The SMILES string of the molecule is COC1[NH2+]C(c2ccnc(C3=C(C)C(NC(=O)[C@H]4N=CC=C(CNCCO)[C@@H]4C)=CCC3)c2C)=CC=C1CN/C=C1\CCC(=O)N1.